The van der Waals surface area contributed by atoms with Gasteiger partial charge in [-0.3, -0.25) is 4.79 Å². The maximum Gasteiger partial charge on any atom is 0.239 e. The Hall–Kier alpha value is -2.44. The molecule has 128 valence electrons. The van der Waals surface area contributed by atoms with E-state index in [1.165, 1.54) is 0 Å². The number of nitrogens with zero attached hydrogens (tertiary/aromatic N) is 4. The standard InChI is InChI=1S/C17H24N6O/c1-3-4-12(2)19-16(24)11-18-14-7-5-13(6-8-14)17-20-21-22-23(17)15-9-10-15/h5-8,12,15,18H,3-4,9-11H2,1-2H3,(H,19,24). The van der Waals surface area contributed by atoms with E-state index in [1.807, 2.05) is 35.9 Å². The van der Waals surface area contributed by atoms with Gasteiger partial charge in [-0.15, -0.1) is 5.10 Å². The number of aromatic nitrogens is 4. The minimum Gasteiger partial charge on any atom is -0.376 e. The molecule has 7 heteroatoms. The van der Waals surface area contributed by atoms with Crippen molar-refractivity contribution < 1.29 is 4.79 Å². The first-order valence-corrected chi connectivity index (χ1v) is 8.59. The topological polar surface area (TPSA) is 84.7 Å². The van der Waals surface area contributed by atoms with Crippen LogP contribution in [0.4, 0.5) is 5.69 Å². The van der Waals surface area contributed by atoms with Gasteiger partial charge in [0.05, 0.1) is 12.6 Å². The highest BCUT2D eigenvalue weighted by molar-refractivity contribution is 5.81. The minimum atomic E-state index is 0.0118. The molecule has 0 saturated heterocycles. The van der Waals surface area contributed by atoms with Gasteiger partial charge in [0.1, 0.15) is 0 Å². The quantitative estimate of drug-likeness (QED) is 0.777. The van der Waals surface area contributed by atoms with Crippen molar-refractivity contribution in [3.05, 3.63) is 24.3 Å². The lowest BCUT2D eigenvalue weighted by Gasteiger charge is -2.13. The van der Waals surface area contributed by atoms with Crippen LogP contribution >= 0.6 is 0 Å². The van der Waals surface area contributed by atoms with Crippen LogP contribution in [0.25, 0.3) is 11.4 Å². The molecule has 7 nitrogen and oxygen atoms in total. The van der Waals surface area contributed by atoms with Crippen LogP contribution < -0.4 is 10.6 Å². The second-order valence-electron chi connectivity index (χ2n) is 6.37. The van der Waals surface area contributed by atoms with Gasteiger partial charge >= 0.3 is 0 Å². The van der Waals surface area contributed by atoms with Crippen LogP contribution in [0, 0.1) is 0 Å². The van der Waals surface area contributed by atoms with Gasteiger partial charge in [-0.05, 0) is 60.9 Å². The second kappa shape index (κ2) is 7.42. The molecular weight excluding hydrogens is 304 g/mol. The number of anilines is 1. The molecule has 1 heterocycles. The third kappa shape index (κ3) is 4.10. The zero-order valence-corrected chi connectivity index (χ0v) is 14.2. The molecule has 1 saturated carbocycles. The number of carbonyl (C=O) groups excluding carboxylic acids is 1. The van der Waals surface area contributed by atoms with E-state index >= 15 is 0 Å². The van der Waals surface area contributed by atoms with E-state index in [9.17, 15) is 4.79 Å². The highest BCUT2D eigenvalue weighted by Crippen LogP contribution is 2.36. The summed E-state index contributed by atoms with van der Waals surface area (Å²) in [6, 6.07) is 8.51. The summed E-state index contributed by atoms with van der Waals surface area (Å²) in [5, 5.41) is 18.1. The second-order valence-corrected chi connectivity index (χ2v) is 6.37. The third-order valence-corrected chi connectivity index (χ3v) is 4.11. The van der Waals surface area contributed by atoms with Gasteiger partial charge in [-0.1, -0.05) is 13.3 Å². The van der Waals surface area contributed by atoms with Crippen molar-refractivity contribution in [2.24, 2.45) is 0 Å². The average Bonchev–Trinajstić information content (AvgIpc) is 3.30. The van der Waals surface area contributed by atoms with Crippen LogP contribution in [0.1, 0.15) is 45.6 Å². The SMILES string of the molecule is CCCC(C)NC(=O)CNc1ccc(-c2nnnn2C2CC2)cc1. The van der Waals surface area contributed by atoms with E-state index in [0.29, 0.717) is 6.04 Å². The predicted octanol–water partition coefficient (Wildman–Crippen LogP) is 2.39. The molecule has 1 atom stereocenters. The molecule has 1 aliphatic rings. The fourth-order valence-corrected chi connectivity index (χ4v) is 2.70. The lowest BCUT2D eigenvalue weighted by atomic mass is 10.2. The van der Waals surface area contributed by atoms with Crippen LogP contribution in [-0.2, 0) is 4.79 Å². The van der Waals surface area contributed by atoms with Crippen molar-refractivity contribution in [3.63, 3.8) is 0 Å². The lowest BCUT2D eigenvalue weighted by molar-refractivity contribution is -0.120. The summed E-state index contributed by atoms with van der Waals surface area (Å²) < 4.78 is 1.89. The Morgan fingerprint density at radius 2 is 2.08 bits per heavy atom. The monoisotopic (exact) mass is 328 g/mol. The highest BCUT2D eigenvalue weighted by atomic mass is 16.1. The molecule has 0 aliphatic heterocycles. The molecule has 1 unspecified atom stereocenters. The van der Waals surface area contributed by atoms with Gasteiger partial charge in [0, 0.05) is 17.3 Å². The first-order chi connectivity index (χ1) is 11.7. The Morgan fingerprint density at radius 3 is 2.75 bits per heavy atom. The number of amides is 1. The zero-order valence-electron chi connectivity index (χ0n) is 14.2. The average molecular weight is 328 g/mol. The Labute approximate surface area is 141 Å². The summed E-state index contributed by atoms with van der Waals surface area (Å²) in [4.78, 5) is 11.9. The molecule has 3 rings (SSSR count). The number of rotatable bonds is 8. The van der Waals surface area contributed by atoms with E-state index in [4.69, 9.17) is 0 Å². The smallest absolute Gasteiger partial charge is 0.239 e. The fraction of sp³-hybridized carbons (Fsp3) is 0.529. The third-order valence-electron chi connectivity index (χ3n) is 4.11. The van der Waals surface area contributed by atoms with Gasteiger partial charge in [0.25, 0.3) is 0 Å². The highest BCUT2D eigenvalue weighted by Gasteiger charge is 2.28. The van der Waals surface area contributed by atoms with Crippen molar-refractivity contribution in [1.82, 2.24) is 25.5 Å². The molecular formula is C17H24N6O. The summed E-state index contributed by atoms with van der Waals surface area (Å²) in [5.74, 6) is 0.813. The largest absolute Gasteiger partial charge is 0.376 e. The van der Waals surface area contributed by atoms with Gasteiger partial charge in [0.15, 0.2) is 5.82 Å². The maximum absolute atomic E-state index is 11.9. The lowest BCUT2D eigenvalue weighted by Crippen LogP contribution is -2.36. The molecule has 1 aromatic heterocycles. The Morgan fingerprint density at radius 1 is 1.33 bits per heavy atom. The molecule has 1 fully saturated rings. The van der Waals surface area contributed by atoms with Crippen LogP contribution in [0.3, 0.4) is 0 Å². The summed E-state index contributed by atoms with van der Waals surface area (Å²) >= 11 is 0. The number of tetrazole rings is 1. The van der Waals surface area contributed by atoms with E-state index in [-0.39, 0.29) is 18.5 Å². The van der Waals surface area contributed by atoms with Crippen molar-refractivity contribution in [1.29, 1.82) is 0 Å². The van der Waals surface area contributed by atoms with Crippen molar-refractivity contribution >= 4 is 11.6 Å². The molecule has 0 spiro atoms. The summed E-state index contributed by atoms with van der Waals surface area (Å²) in [6.45, 7) is 4.41. The van der Waals surface area contributed by atoms with Crippen LogP contribution in [0.5, 0.6) is 0 Å². The zero-order chi connectivity index (χ0) is 16.9. The molecule has 1 aromatic carbocycles. The molecule has 0 bridgehead atoms. The predicted molar refractivity (Wildman–Crippen MR) is 92.5 cm³/mol. The molecule has 2 N–H and O–H groups in total. The number of hydrogen-bond donors (Lipinski definition) is 2. The minimum absolute atomic E-state index is 0.0118. The van der Waals surface area contributed by atoms with Crippen LogP contribution in [-0.4, -0.2) is 38.7 Å². The van der Waals surface area contributed by atoms with Gasteiger partial charge in [-0.25, -0.2) is 4.68 Å². The van der Waals surface area contributed by atoms with Crippen molar-refractivity contribution in [2.45, 2.75) is 51.6 Å². The fourth-order valence-electron chi connectivity index (χ4n) is 2.70. The Kier molecular flexibility index (Phi) is 5.08. The number of carbonyl (C=O) groups is 1. The van der Waals surface area contributed by atoms with Gasteiger partial charge in [0.2, 0.25) is 5.91 Å². The van der Waals surface area contributed by atoms with Crippen molar-refractivity contribution in [3.8, 4) is 11.4 Å². The molecule has 0 radical (unpaired) electrons. The molecule has 1 amide bonds. The number of nitrogens with one attached hydrogen (secondary N) is 2. The normalized spacial score (nSPS) is 15.1. The van der Waals surface area contributed by atoms with Crippen LogP contribution in [0.15, 0.2) is 24.3 Å². The maximum atomic E-state index is 11.9. The molecule has 24 heavy (non-hydrogen) atoms. The summed E-state index contributed by atoms with van der Waals surface area (Å²) in [7, 11) is 0. The molecule has 1 aliphatic carbocycles. The van der Waals surface area contributed by atoms with E-state index in [1.54, 1.807) is 0 Å². The van der Waals surface area contributed by atoms with Gasteiger partial charge < -0.3 is 10.6 Å². The molecule has 2 aromatic rings. The Balaban J connectivity index is 1.55. The number of benzene rings is 1. The van der Waals surface area contributed by atoms with E-state index in [0.717, 1.165) is 42.8 Å². The Bertz CT molecular complexity index is 677. The summed E-state index contributed by atoms with van der Waals surface area (Å²) in [5.41, 5.74) is 1.89. The van der Waals surface area contributed by atoms with Crippen LogP contribution in [0.2, 0.25) is 0 Å². The van der Waals surface area contributed by atoms with Gasteiger partial charge in [-0.2, -0.15) is 0 Å². The van der Waals surface area contributed by atoms with E-state index < -0.39 is 0 Å². The first-order valence-electron chi connectivity index (χ1n) is 8.59. The van der Waals surface area contributed by atoms with Crippen molar-refractivity contribution in [2.75, 3.05) is 11.9 Å². The number of hydrogen-bond acceptors (Lipinski definition) is 5. The summed E-state index contributed by atoms with van der Waals surface area (Å²) in [6.07, 6.45) is 4.35. The van der Waals surface area contributed by atoms with E-state index in [2.05, 4.69) is 33.1 Å². The first kappa shape index (κ1) is 16.4.